The van der Waals surface area contributed by atoms with E-state index in [4.69, 9.17) is 37.4 Å². The highest BCUT2D eigenvalue weighted by atomic mass is 35.5. The first-order valence-corrected chi connectivity index (χ1v) is 8.57. The minimum Gasteiger partial charge on any atom is -0.493 e. The molecule has 0 N–H and O–H groups in total. The normalized spacial score (nSPS) is 10.6. The van der Waals surface area contributed by atoms with Crippen molar-refractivity contribution in [3.05, 3.63) is 46.6 Å². The molecule has 1 aromatic heterocycles. The van der Waals surface area contributed by atoms with Crippen LogP contribution in [0, 0.1) is 5.92 Å². The average Bonchev–Trinajstić information content (AvgIpc) is 2.57. The highest BCUT2D eigenvalue weighted by Crippen LogP contribution is 2.29. The highest BCUT2D eigenvalue weighted by molar-refractivity contribution is 6.35. The van der Waals surface area contributed by atoms with Gasteiger partial charge in [0.2, 0.25) is 5.88 Å². The summed E-state index contributed by atoms with van der Waals surface area (Å²) < 4.78 is 16.2. The lowest BCUT2D eigenvalue weighted by Gasteiger charge is -2.09. The first-order valence-electron chi connectivity index (χ1n) is 7.81. The Bertz CT molecular complexity index is 705. The molecular weight excluding hydrogens is 365 g/mol. The summed E-state index contributed by atoms with van der Waals surface area (Å²) in [4.78, 5) is 15.5. The van der Waals surface area contributed by atoms with E-state index in [2.05, 4.69) is 4.98 Å². The molecule has 0 aliphatic carbocycles. The van der Waals surface area contributed by atoms with Crippen LogP contribution in [0.5, 0.6) is 17.4 Å². The Labute approximate surface area is 156 Å². The van der Waals surface area contributed by atoms with Gasteiger partial charge in [-0.3, -0.25) is 4.79 Å². The van der Waals surface area contributed by atoms with Crippen molar-refractivity contribution in [1.29, 1.82) is 0 Å². The van der Waals surface area contributed by atoms with Crippen LogP contribution in [-0.4, -0.2) is 24.2 Å². The van der Waals surface area contributed by atoms with Crippen molar-refractivity contribution < 1.29 is 19.0 Å². The second-order valence-electron chi connectivity index (χ2n) is 5.69. The molecule has 25 heavy (non-hydrogen) atoms. The Morgan fingerprint density at radius 1 is 1.16 bits per heavy atom. The van der Waals surface area contributed by atoms with Crippen molar-refractivity contribution in [2.45, 2.75) is 20.3 Å². The van der Waals surface area contributed by atoms with Crippen LogP contribution in [0.4, 0.5) is 0 Å². The first kappa shape index (κ1) is 19.3. The molecule has 0 amide bonds. The molecule has 0 fully saturated rings. The van der Waals surface area contributed by atoms with E-state index in [0.717, 1.165) is 0 Å². The second kappa shape index (κ2) is 9.49. The molecule has 0 radical (unpaired) electrons. The number of hydrogen-bond acceptors (Lipinski definition) is 5. The molecule has 0 unspecified atom stereocenters. The Morgan fingerprint density at radius 3 is 2.48 bits per heavy atom. The van der Waals surface area contributed by atoms with E-state index in [1.165, 1.54) is 6.20 Å². The summed E-state index contributed by atoms with van der Waals surface area (Å²) in [5.41, 5.74) is 0. The van der Waals surface area contributed by atoms with Crippen LogP contribution in [-0.2, 0) is 9.53 Å². The molecule has 1 aromatic carbocycles. The molecule has 7 heteroatoms. The number of pyridine rings is 1. The summed E-state index contributed by atoms with van der Waals surface area (Å²) in [5, 5.41) is 0.765. The standard InChI is InChI=1S/C18H19Cl2NO4/c1-12(2)11-24-17(22)7-8-23-14-3-5-15(6-4-14)25-18-16(20)9-13(19)10-21-18/h3-6,9-10,12H,7-8,11H2,1-2H3. The highest BCUT2D eigenvalue weighted by Gasteiger charge is 2.07. The van der Waals surface area contributed by atoms with Crippen molar-refractivity contribution in [2.75, 3.05) is 13.2 Å². The fraction of sp³-hybridized carbons (Fsp3) is 0.333. The van der Waals surface area contributed by atoms with Crippen molar-refractivity contribution in [2.24, 2.45) is 5.92 Å². The third-order valence-electron chi connectivity index (χ3n) is 2.96. The molecule has 1 heterocycles. The number of nitrogens with zero attached hydrogens (tertiary/aromatic N) is 1. The lowest BCUT2D eigenvalue weighted by Crippen LogP contribution is -2.13. The molecule has 0 bridgehead atoms. The van der Waals surface area contributed by atoms with Crippen molar-refractivity contribution >= 4 is 29.2 Å². The number of hydrogen-bond donors (Lipinski definition) is 0. The summed E-state index contributed by atoms with van der Waals surface area (Å²) in [6, 6.07) is 8.47. The lowest BCUT2D eigenvalue weighted by molar-refractivity contribution is -0.145. The van der Waals surface area contributed by atoms with Crippen LogP contribution in [0.2, 0.25) is 10.0 Å². The lowest BCUT2D eigenvalue weighted by atomic mass is 10.2. The third kappa shape index (κ3) is 6.80. The quantitative estimate of drug-likeness (QED) is 0.590. The van der Waals surface area contributed by atoms with Crippen molar-refractivity contribution in [3.8, 4) is 17.4 Å². The van der Waals surface area contributed by atoms with Gasteiger partial charge in [-0.05, 0) is 36.2 Å². The predicted octanol–water partition coefficient (Wildman–Crippen LogP) is 5.15. The second-order valence-corrected chi connectivity index (χ2v) is 6.53. The molecular formula is C18H19Cl2NO4. The number of aromatic nitrogens is 1. The smallest absolute Gasteiger partial charge is 0.309 e. The van der Waals surface area contributed by atoms with Gasteiger partial charge in [-0.1, -0.05) is 37.0 Å². The molecule has 2 rings (SSSR count). The maximum Gasteiger partial charge on any atom is 0.309 e. The largest absolute Gasteiger partial charge is 0.493 e. The fourth-order valence-electron chi connectivity index (χ4n) is 1.78. The number of carbonyl (C=O) groups excluding carboxylic acids is 1. The number of benzene rings is 1. The van der Waals surface area contributed by atoms with E-state index in [1.54, 1.807) is 30.3 Å². The Hall–Kier alpha value is -1.98. The van der Waals surface area contributed by atoms with Crippen LogP contribution >= 0.6 is 23.2 Å². The van der Waals surface area contributed by atoms with Gasteiger partial charge >= 0.3 is 5.97 Å². The molecule has 0 saturated carbocycles. The average molecular weight is 384 g/mol. The molecule has 0 spiro atoms. The zero-order chi connectivity index (χ0) is 18.2. The van der Waals surface area contributed by atoms with Crippen LogP contribution in [0.3, 0.4) is 0 Å². The minimum atomic E-state index is -0.267. The summed E-state index contributed by atoms with van der Waals surface area (Å²) in [6.45, 7) is 4.65. The van der Waals surface area contributed by atoms with Gasteiger partial charge in [0.25, 0.3) is 0 Å². The van der Waals surface area contributed by atoms with E-state index in [0.29, 0.717) is 34.1 Å². The van der Waals surface area contributed by atoms with Gasteiger partial charge in [0.1, 0.15) is 16.5 Å². The number of rotatable bonds is 8. The topological polar surface area (TPSA) is 57.7 Å². The van der Waals surface area contributed by atoms with Crippen LogP contribution in [0.15, 0.2) is 36.5 Å². The summed E-state index contributed by atoms with van der Waals surface area (Å²) in [7, 11) is 0. The molecule has 134 valence electrons. The predicted molar refractivity (Wildman–Crippen MR) is 96.7 cm³/mol. The summed E-state index contributed by atoms with van der Waals surface area (Å²) in [5.74, 6) is 1.50. The van der Waals surface area contributed by atoms with E-state index >= 15 is 0 Å². The summed E-state index contributed by atoms with van der Waals surface area (Å²) >= 11 is 11.8. The number of esters is 1. The number of carbonyl (C=O) groups is 1. The fourth-order valence-corrected chi connectivity index (χ4v) is 2.20. The van der Waals surface area contributed by atoms with Crippen LogP contribution in [0.1, 0.15) is 20.3 Å². The van der Waals surface area contributed by atoms with Gasteiger partial charge < -0.3 is 14.2 Å². The van der Waals surface area contributed by atoms with E-state index < -0.39 is 0 Å². The third-order valence-corrected chi connectivity index (χ3v) is 3.44. The van der Waals surface area contributed by atoms with Gasteiger partial charge in [0, 0.05) is 6.20 Å². The van der Waals surface area contributed by atoms with Crippen molar-refractivity contribution in [3.63, 3.8) is 0 Å². The zero-order valence-corrected chi connectivity index (χ0v) is 15.5. The molecule has 5 nitrogen and oxygen atoms in total. The minimum absolute atomic E-state index is 0.204. The van der Waals surface area contributed by atoms with Crippen LogP contribution < -0.4 is 9.47 Å². The maximum absolute atomic E-state index is 11.5. The maximum atomic E-state index is 11.5. The SMILES string of the molecule is CC(C)COC(=O)CCOc1ccc(Oc2ncc(Cl)cc2Cl)cc1. The Morgan fingerprint density at radius 2 is 1.84 bits per heavy atom. The van der Waals surface area contributed by atoms with Crippen LogP contribution in [0.25, 0.3) is 0 Å². The molecule has 2 aromatic rings. The molecule has 0 aliphatic heterocycles. The molecule has 0 saturated heterocycles. The van der Waals surface area contributed by atoms with E-state index in [1.807, 2.05) is 13.8 Å². The molecule has 0 atom stereocenters. The summed E-state index contributed by atoms with van der Waals surface area (Å²) in [6.07, 6.45) is 1.66. The van der Waals surface area contributed by atoms with Gasteiger partial charge in [0.15, 0.2) is 0 Å². The number of ether oxygens (including phenoxy) is 3. The zero-order valence-electron chi connectivity index (χ0n) is 14.0. The van der Waals surface area contributed by atoms with Crippen molar-refractivity contribution in [1.82, 2.24) is 4.98 Å². The Balaban J connectivity index is 1.80. The van der Waals surface area contributed by atoms with Gasteiger partial charge in [-0.25, -0.2) is 4.98 Å². The Kier molecular flexibility index (Phi) is 7.34. The van der Waals surface area contributed by atoms with Gasteiger partial charge in [0.05, 0.1) is 24.7 Å². The molecule has 0 aliphatic rings. The van der Waals surface area contributed by atoms with Gasteiger partial charge in [-0.15, -0.1) is 0 Å². The van der Waals surface area contributed by atoms with E-state index in [-0.39, 0.29) is 24.9 Å². The van der Waals surface area contributed by atoms with E-state index in [9.17, 15) is 4.79 Å². The number of halogens is 2. The van der Waals surface area contributed by atoms with Gasteiger partial charge in [-0.2, -0.15) is 0 Å². The first-order chi connectivity index (χ1) is 11.9. The monoisotopic (exact) mass is 383 g/mol.